The summed E-state index contributed by atoms with van der Waals surface area (Å²) < 4.78 is 0. The molecular formula is C13H16N2O3. The lowest BCUT2D eigenvalue weighted by atomic mass is 10.1. The Balaban J connectivity index is 2.70. The zero-order valence-corrected chi connectivity index (χ0v) is 9.93. The molecule has 0 spiro atoms. The lowest BCUT2D eigenvalue weighted by molar-refractivity contribution is -0.134. The van der Waals surface area contributed by atoms with Crippen LogP contribution < -0.4 is 10.8 Å². The maximum absolute atomic E-state index is 11.5. The fourth-order valence-electron chi connectivity index (χ4n) is 1.52. The second-order valence-electron chi connectivity index (χ2n) is 3.78. The van der Waals surface area contributed by atoms with Gasteiger partial charge in [-0.1, -0.05) is 36.4 Å². The molecule has 1 rings (SSSR count). The summed E-state index contributed by atoms with van der Waals surface area (Å²) in [4.78, 5) is 22.9. The molecule has 0 aliphatic carbocycles. The van der Waals surface area contributed by atoms with E-state index in [1.54, 1.807) is 5.48 Å². The predicted octanol–water partition coefficient (Wildman–Crippen LogP) is 0.795. The molecule has 18 heavy (non-hydrogen) atoms. The Bertz CT molecular complexity index is 418. The SMILES string of the molecule is C=CCC(=O)N[C@@H](Cc1ccccc1)C(=O)NO. The van der Waals surface area contributed by atoms with Crippen LogP contribution >= 0.6 is 0 Å². The van der Waals surface area contributed by atoms with Crippen LogP contribution in [0.3, 0.4) is 0 Å². The van der Waals surface area contributed by atoms with Gasteiger partial charge in [0.2, 0.25) is 5.91 Å². The minimum atomic E-state index is -0.801. The van der Waals surface area contributed by atoms with E-state index < -0.39 is 11.9 Å². The van der Waals surface area contributed by atoms with Crippen LogP contribution in [-0.2, 0) is 16.0 Å². The highest BCUT2D eigenvalue weighted by Gasteiger charge is 2.20. The third-order valence-corrected chi connectivity index (χ3v) is 2.37. The number of carbonyl (C=O) groups is 2. The Morgan fingerprint density at radius 3 is 2.56 bits per heavy atom. The zero-order chi connectivity index (χ0) is 13.4. The molecule has 0 bridgehead atoms. The van der Waals surface area contributed by atoms with E-state index in [-0.39, 0.29) is 12.3 Å². The number of rotatable bonds is 6. The molecule has 0 heterocycles. The molecule has 1 atom stereocenters. The summed E-state index contributed by atoms with van der Waals surface area (Å²) in [5.74, 6) is -0.953. The van der Waals surface area contributed by atoms with Gasteiger partial charge in [0, 0.05) is 12.8 Å². The second kappa shape index (κ2) is 7.24. The van der Waals surface area contributed by atoms with Crippen molar-refractivity contribution in [3.8, 4) is 0 Å². The van der Waals surface area contributed by atoms with Crippen molar-refractivity contribution in [1.82, 2.24) is 10.8 Å². The Morgan fingerprint density at radius 2 is 2.00 bits per heavy atom. The van der Waals surface area contributed by atoms with Crippen molar-refractivity contribution < 1.29 is 14.8 Å². The van der Waals surface area contributed by atoms with Gasteiger partial charge in [-0.05, 0) is 5.56 Å². The molecule has 0 aliphatic rings. The first-order chi connectivity index (χ1) is 8.67. The summed E-state index contributed by atoms with van der Waals surface area (Å²) in [5.41, 5.74) is 2.45. The van der Waals surface area contributed by atoms with Crippen LogP contribution in [-0.4, -0.2) is 23.1 Å². The first-order valence-corrected chi connectivity index (χ1v) is 5.55. The molecule has 0 radical (unpaired) electrons. The van der Waals surface area contributed by atoms with Gasteiger partial charge in [-0.15, -0.1) is 6.58 Å². The summed E-state index contributed by atoms with van der Waals surface area (Å²) in [6, 6.07) is 8.43. The van der Waals surface area contributed by atoms with Gasteiger partial charge in [-0.25, -0.2) is 5.48 Å². The van der Waals surface area contributed by atoms with Crippen molar-refractivity contribution in [2.75, 3.05) is 0 Å². The largest absolute Gasteiger partial charge is 0.344 e. The first-order valence-electron chi connectivity index (χ1n) is 5.55. The molecule has 0 saturated heterocycles. The maximum Gasteiger partial charge on any atom is 0.266 e. The molecule has 0 unspecified atom stereocenters. The number of hydrogen-bond acceptors (Lipinski definition) is 3. The minimum absolute atomic E-state index is 0.129. The molecule has 0 aliphatic heterocycles. The predicted molar refractivity (Wildman–Crippen MR) is 66.8 cm³/mol. The van der Waals surface area contributed by atoms with E-state index in [4.69, 9.17) is 5.21 Å². The van der Waals surface area contributed by atoms with Gasteiger partial charge < -0.3 is 5.32 Å². The smallest absolute Gasteiger partial charge is 0.266 e. The summed E-state index contributed by atoms with van der Waals surface area (Å²) >= 11 is 0. The number of amides is 2. The van der Waals surface area contributed by atoms with Gasteiger partial charge >= 0.3 is 0 Å². The quantitative estimate of drug-likeness (QED) is 0.396. The van der Waals surface area contributed by atoms with Gasteiger partial charge in [-0.3, -0.25) is 14.8 Å². The third-order valence-electron chi connectivity index (χ3n) is 2.37. The van der Waals surface area contributed by atoms with Crippen LogP contribution in [0.1, 0.15) is 12.0 Å². The van der Waals surface area contributed by atoms with Crippen molar-refractivity contribution in [3.05, 3.63) is 48.6 Å². The normalized spacial score (nSPS) is 11.4. The van der Waals surface area contributed by atoms with Crippen LogP contribution in [0.2, 0.25) is 0 Å². The standard InChI is InChI=1S/C13H16N2O3/c1-2-6-12(16)14-11(13(17)15-18)9-10-7-4-3-5-8-10/h2-5,7-8,11,18H,1,6,9H2,(H,14,16)(H,15,17)/t11-/m0/s1. The lowest BCUT2D eigenvalue weighted by Crippen LogP contribution is -2.47. The minimum Gasteiger partial charge on any atom is -0.344 e. The van der Waals surface area contributed by atoms with Gasteiger partial charge in [0.25, 0.3) is 5.91 Å². The van der Waals surface area contributed by atoms with E-state index in [1.807, 2.05) is 30.3 Å². The molecule has 0 saturated carbocycles. The van der Waals surface area contributed by atoms with E-state index >= 15 is 0 Å². The molecular weight excluding hydrogens is 232 g/mol. The van der Waals surface area contributed by atoms with Crippen LogP contribution in [0.15, 0.2) is 43.0 Å². The van der Waals surface area contributed by atoms with E-state index in [1.165, 1.54) is 6.08 Å². The van der Waals surface area contributed by atoms with Crippen molar-refractivity contribution >= 4 is 11.8 Å². The first kappa shape index (κ1) is 13.9. The van der Waals surface area contributed by atoms with Crippen LogP contribution in [0.25, 0.3) is 0 Å². The summed E-state index contributed by atoms with van der Waals surface area (Å²) in [6.45, 7) is 3.45. The second-order valence-corrected chi connectivity index (χ2v) is 3.78. The van der Waals surface area contributed by atoms with Gasteiger partial charge in [0.1, 0.15) is 6.04 Å². The van der Waals surface area contributed by atoms with Crippen molar-refractivity contribution in [1.29, 1.82) is 0 Å². The fourth-order valence-corrected chi connectivity index (χ4v) is 1.52. The Hall–Kier alpha value is -2.14. The van der Waals surface area contributed by atoms with E-state index in [2.05, 4.69) is 11.9 Å². The number of hydrogen-bond donors (Lipinski definition) is 3. The summed E-state index contributed by atoms with van der Waals surface area (Å²) in [5, 5.41) is 11.2. The number of benzene rings is 1. The van der Waals surface area contributed by atoms with Gasteiger partial charge in [0.05, 0.1) is 0 Å². The molecule has 2 amide bonds. The fraction of sp³-hybridized carbons (Fsp3) is 0.231. The molecule has 1 aromatic rings. The number of carbonyl (C=O) groups excluding carboxylic acids is 2. The Morgan fingerprint density at radius 1 is 1.33 bits per heavy atom. The molecule has 1 aromatic carbocycles. The average Bonchev–Trinajstić information content (AvgIpc) is 2.38. The molecule has 5 heteroatoms. The molecule has 5 nitrogen and oxygen atoms in total. The van der Waals surface area contributed by atoms with E-state index in [9.17, 15) is 9.59 Å². The van der Waals surface area contributed by atoms with E-state index in [0.717, 1.165) is 5.56 Å². The summed E-state index contributed by atoms with van der Waals surface area (Å²) in [6.07, 6.45) is 1.89. The van der Waals surface area contributed by atoms with Gasteiger partial charge in [0.15, 0.2) is 0 Å². The van der Waals surface area contributed by atoms with Crippen LogP contribution in [0, 0.1) is 0 Å². The molecule has 3 N–H and O–H groups in total. The number of nitrogens with one attached hydrogen (secondary N) is 2. The van der Waals surface area contributed by atoms with Crippen molar-refractivity contribution in [3.63, 3.8) is 0 Å². The Kier molecular flexibility index (Phi) is 5.60. The monoisotopic (exact) mass is 248 g/mol. The number of hydroxylamine groups is 1. The van der Waals surface area contributed by atoms with E-state index in [0.29, 0.717) is 6.42 Å². The van der Waals surface area contributed by atoms with Crippen LogP contribution in [0.5, 0.6) is 0 Å². The maximum atomic E-state index is 11.5. The van der Waals surface area contributed by atoms with Crippen LogP contribution in [0.4, 0.5) is 0 Å². The average molecular weight is 248 g/mol. The zero-order valence-electron chi connectivity index (χ0n) is 9.93. The van der Waals surface area contributed by atoms with Gasteiger partial charge in [-0.2, -0.15) is 0 Å². The summed E-state index contributed by atoms with van der Waals surface area (Å²) in [7, 11) is 0. The lowest BCUT2D eigenvalue weighted by Gasteiger charge is -2.16. The topological polar surface area (TPSA) is 78.4 Å². The highest BCUT2D eigenvalue weighted by molar-refractivity contribution is 5.87. The van der Waals surface area contributed by atoms with Crippen molar-refractivity contribution in [2.45, 2.75) is 18.9 Å². The highest BCUT2D eigenvalue weighted by Crippen LogP contribution is 2.03. The molecule has 0 aromatic heterocycles. The molecule has 0 fully saturated rings. The Labute approximate surface area is 105 Å². The van der Waals surface area contributed by atoms with Crippen molar-refractivity contribution in [2.24, 2.45) is 0 Å². The highest BCUT2D eigenvalue weighted by atomic mass is 16.5. The third kappa shape index (κ3) is 4.39. The molecule has 96 valence electrons.